The Bertz CT molecular complexity index is 1310. The monoisotopic (exact) mass is 538 g/mol. The molecule has 3 aromatic rings. The molecule has 35 heavy (non-hydrogen) atoms. The molecule has 2 N–H and O–H groups in total. The lowest BCUT2D eigenvalue weighted by Gasteiger charge is -2.14. The molecule has 0 saturated heterocycles. The Morgan fingerprint density at radius 2 is 1.89 bits per heavy atom. The highest BCUT2D eigenvalue weighted by Crippen LogP contribution is 2.37. The highest BCUT2D eigenvalue weighted by molar-refractivity contribution is 9.10. The van der Waals surface area contributed by atoms with E-state index in [1.165, 1.54) is 31.5 Å². The van der Waals surface area contributed by atoms with Crippen LogP contribution in [0.3, 0.4) is 0 Å². The third-order valence-corrected chi connectivity index (χ3v) is 5.22. The Morgan fingerprint density at radius 1 is 1.14 bits per heavy atom. The first-order chi connectivity index (χ1) is 16.9. The van der Waals surface area contributed by atoms with Crippen LogP contribution in [0.5, 0.6) is 11.5 Å². The molecule has 8 nitrogen and oxygen atoms in total. The number of hydrogen-bond acceptors (Lipinski definition) is 6. The van der Waals surface area contributed by atoms with E-state index in [2.05, 4.69) is 37.8 Å². The molecular formula is C25H20BrFN4O4. The fourth-order valence-electron chi connectivity index (χ4n) is 2.98. The number of para-hydroxylation sites is 1. The molecule has 0 aliphatic rings. The third kappa shape index (κ3) is 7.12. The van der Waals surface area contributed by atoms with Gasteiger partial charge in [-0.15, -0.1) is 0 Å². The standard InChI is InChI=1S/C25H20BrFN4O4/c1-34-22-11-16(10-19(26)25(22)35-15-18-7-3-2-6-17(18)13-28)14-29-31-24(33)12-23(32)30-21-9-5-4-8-20(21)27/h2-11,14H,12,15H2,1H3,(H,30,32)(H,31,33). The number of amides is 2. The molecule has 0 unspecified atom stereocenters. The van der Waals surface area contributed by atoms with Crippen LogP contribution in [0.25, 0.3) is 0 Å². The number of nitriles is 1. The maximum Gasteiger partial charge on any atom is 0.249 e. The fraction of sp³-hybridized carbons (Fsp3) is 0.120. The molecule has 0 aliphatic heterocycles. The van der Waals surface area contributed by atoms with Gasteiger partial charge in [0.05, 0.1) is 35.1 Å². The lowest BCUT2D eigenvalue weighted by molar-refractivity contribution is -0.126. The lowest BCUT2D eigenvalue weighted by Crippen LogP contribution is -2.24. The van der Waals surface area contributed by atoms with Crippen LogP contribution in [0.2, 0.25) is 0 Å². The van der Waals surface area contributed by atoms with Crippen molar-refractivity contribution in [1.29, 1.82) is 5.26 Å². The van der Waals surface area contributed by atoms with Crippen molar-refractivity contribution >= 4 is 39.6 Å². The summed E-state index contributed by atoms with van der Waals surface area (Å²) in [5, 5.41) is 15.4. The van der Waals surface area contributed by atoms with Gasteiger partial charge in [0.15, 0.2) is 11.5 Å². The van der Waals surface area contributed by atoms with E-state index in [1.54, 1.807) is 36.4 Å². The molecular weight excluding hydrogens is 519 g/mol. The van der Waals surface area contributed by atoms with Crippen molar-refractivity contribution in [2.24, 2.45) is 5.10 Å². The van der Waals surface area contributed by atoms with Gasteiger partial charge in [-0.2, -0.15) is 10.4 Å². The topological polar surface area (TPSA) is 113 Å². The van der Waals surface area contributed by atoms with Gasteiger partial charge >= 0.3 is 0 Å². The van der Waals surface area contributed by atoms with E-state index >= 15 is 0 Å². The van der Waals surface area contributed by atoms with Gasteiger partial charge in [0.25, 0.3) is 0 Å². The number of ether oxygens (including phenoxy) is 2. The van der Waals surface area contributed by atoms with Crippen LogP contribution >= 0.6 is 15.9 Å². The zero-order chi connectivity index (χ0) is 25.2. The number of methoxy groups -OCH3 is 1. The van der Waals surface area contributed by atoms with E-state index in [4.69, 9.17) is 9.47 Å². The summed E-state index contributed by atoms with van der Waals surface area (Å²) in [6.45, 7) is 0.164. The van der Waals surface area contributed by atoms with Crippen LogP contribution in [0.1, 0.15) is 23.1 Å². The highest BCUT2D eigenvalue weighted by Gasteiger charge is 2.14. The molecule has 0 aliphatic carbocycles. The van der Waals surface area contributed by atoms with Gasteiger partial charge in [-0.3, -0.25) is 9.59 Å². The summed E-state index contributed by atoms with van der Waals surface area (Å²) in [7, 11) is 1.48. The molecule has 2 amide bonds. The molecule has 0 spiro atoms. The Hall–Kier alpha value is -4.23. The van der Waals surface area contributed by atoms with Gasteiger partial charge in [-0.25, -0.2) is 9.82 Å². The highest BCUT2D eigenvalue weighted by atomic mass is 79.9. The van der Waals surface area contributed by atoms with Gasteiger partial charge in [-0.1, -0.05) is 30.3 Å². The summed E-state index contributed by atoms with van der Waals surface area (Å²) < 4.78 is 25.5. The largest absolute Gasteiger partial charge is 0.493 e. The number of hydrogen-bond donors (Lipinski definition) is 2. The summed E-state index contributed by atoms with van der Waals surface area (Å²) in [6.07, 6.45) is 0.838. The van der Waals surface area contributed by atoms with E-state index in [9.17, 15) is 19.2 Å². The van der Waals surface area contributed by atoms with Gasteiger partial charge in [0.1, 0.15) is 18.8 Å². The van der Waals surface area contributed by atoms with Crippen LogP contribution in [-0.2, 0) is 16.2 Å². The number of nitrogens with one attached hydrogen (secondary N) is 2. The smallest absolute Gasteiger partial charge is 0.249 e. The zero-order valence-corrected chi connectivity index (χ0v) is 20.1. The Morgan fingerprint density at radius 3 is 2.63 bits per heavy atom. The molecule has 0 radical (unpaired) electrons. The quantitative estimate of drug-likeness (QED) is 0.236. The molecule has 0 saturated carbocycles. The van der Waals surface area contributed by atoms with Crippen molar-refractivity contribution in [3.8, 4) is 17.6 Å². The molecule has 178 valence electrons. The molecule has 0 atom stereocenters. The van der Waals surface area contributed by atoms with E-state index in [1.807, 2.05) is 6.07 Å². The van der Waals surface area contributed by atoms with Gasteiger partial charge in [0.2, 0.25) is 11.8 Å². The molecule has 0 bridgehead atoms. The molecule has 10 heteroatoms. The summed E-state index contributed by atoms with van der Waals surface area (Å²) in [6, 6.07) is 18.2. The van der Waals surface area contributed by atoms with E-state index in [0.717, 1.165) is 5.56 Å². The first kappa shape index (κ1) is 25.4. The number of anilines is 1. The number of hydrazone groups is 1. The minimum absolute atomic E-state index is 0.0100. The number of halogens is 2. The minimum Gasteiger partial charge on any atom is -0.493 e. The van der Waals surface area contributed by atoms with Gasteiger partial charge in [-0.05, 0) is 51.8 Å². The number of nitrogens with zero attached hydrogens (tertiary/aromatic N) is 2. The van der Waals surface area contributed by atoms with Crippen LogP contribution in [0.4, 0.5) is 10.1 Å². The first-order valence-electron chi connectivity index (χ1n) is 10.3. The molecule has 3 rings (SSSR count). The summed E-state index contributed by atoms with van der Waals surface area (Å²) in [4.78, 5) is 23.9. The lowest BCUT2D eigenvalue weighted by atomic mass is 10.1. The second-order valence-electron chi connectivity index (χ2n) is 7.09. The summed E-state index contributed by atoms with van der Waals surface area (Å²) in [5.74, 6) is -1.10. The summed E-state index contributed by atoms with van der Waals surface area (Å²) in [5.41, 5.74) is 4.07. The molecule has 0 aromatic heterocycles. The average molecular weight is 539 g/mol. The van der Waals surface area contributed by atoms with Crippen molar-refractivity contribution in [2.45, 2.75) is 13.0 Å². The minimum atomic E-state index is -0.674. The fourth-order valence-corrected chi connectivity index (χ4v) is 3.55. The van der Waals surface area contributed by atoms with Crippen molar-refractivity contribution in [3.05, 3.63) is 87.6 Å². The Labute approximate surface area is 209 Å². The predicted octanol–water partition coefficient (Wildman–Crippen LogP) is 4.53. The normalized spacial score (nSPS) is 10.5. The average Bonchev–Trinajstić information content (AvgIpc) is 2.84. The van der Waals surface area contributed by atoms with E-state index in [-0.39, 0.29) is 12.3 Å². The van der Waals surface area contributed by atoms with Crippen molar-refractivity contribution in [1.82, 2.24) is 5.43 Å². The number of rotatable bonds is 9. The Kier molecular flexibility index (Phi) is 8.92. The maximum absolute atomic E-state index is 13.6. The SMILES string of the molecule is COc1cc(C=NNC(=O)CC(=O)Nc2ccccc2F)cc(Br)c1OCc1ccccc1C#N. The molecule has 3 aromatic carbocycles. The maximum atomic E-state index is 13.6. The van der Waals surface area contributed by atoms with Crippen LogP contribution in [0.15, 0.2) is 70.2 Å². The first-order valence-corrected chi connectivity index (χ1v) is 11.0. The molecule has 0 fully saturated rings. The van der Waals surface area contributed by atoms with Crippen LogP contribution < -0.4 is 20.2 Å². The van der Waals surface area contributed by atoms with Crippen molar-refractivity contribution in [3.63, 3.8) is 0 Å². The van der Waals surface area contributed by atoms with Crippen molar-refractivity contribution in [2.75, 3.05) is 12.4 Å². The number of carbonyl (C=O) groups excluding carboxylic acids is 2. The Balaban J connectivity index is 1.60. The van der Waals surface area contributed by atoms with Gasteiger partial charge in [0, 0.05) is 5.56 Å². The second-order valence-corrected chi connectivity index (χ2v) is 7.94. The van der Waals surface area contributed by atoms with E-state index < -0.39 is 24.1 Å². The molecule has 0 heterocycles. The van der Waals surface area contributed by atoms with Crippen molar-refractivity contribution < 1.29 is 23.5 Å². The summed E-state index contributed by atoms with van der Waals surface area (Å²) >= 11 is 3.44. The second kappa shape index (κ2) is 12.3. The number of benzene rings is 3. The van der Waals surface area contributed by atoms with Crippen LogP contribution in [-0.4, -0.2) is 25.1 Å². The van der Waals surface area contributed by atoms with Crippen LogP contribution in [0, 0.1) is 17.1 Å². The zero-order valence-electron chi connectivity index (χ0n) is 18.5. The van der Waals surface area contributed by atoms with E-state index in [0.29, 0.717) is 27.1 Å². The third-order valence-electron chi connectivity index (χ3n) is 4.63. The van der Waals surface area contributed by atoms with Gasteiger partial charge < -0.3 is 14.8 Å². The predicted molar refractivity (Wildman–Crippen MR) is 132 cm³/mol. The number of carbonyl (C=O) groups is 2.